The highest BCUT2D eigenvalue weighted by molar-refractivity contribution is 6.10. The maximum atomic E-state index is 8.64. The Labute approximate surface area is 309 Å². The Bertz CT molecular complexity index is 3070. The Morgan fingerprint density at radius 3 is 2.08 bits per heavy atom. The normalized spacial score (nSPS) is 14.3. The van der Waals surface area contributed by atoms with Crippen LogP contribution in [0, 0.1) is 0 Å². The minimum absolute atomic E-state index is 0.0558. The van der Waals surface area contributed by atoms with Crippen LogP contribution in [0.25, 0.3) is 83.4 Å². The number of aromatic nitrogens is 4. The van der Waals surface area contributed by atoms with Gasteiger partial charge < -0.3 is 4.57 Å². The first-order chi connectivity index (χ1) is 27.6. The molecule has 1 aliphatic carbocycles. The van der Waals surface area contributed by atoms with Crippen molar-refractivity contribution >= 4 is 21.8 Å². The number of nitrogens with zero attached hydrogens (tertiary/aromatic N) is 4. The number of rotatable bonds is 5. The van der Waals surface area contributed by atoms with Gasteiger partial charge in [-0.25, -0.2) is 4.98 Å². The van der Waals surface area contributed by atoms with Gasteiger partial charge in [-0.3, -0.25) is 9.97 Å². The quantitative estimate of drug-likeness (QED) is 0.183. The van der Waals surface area contributed by atoms with Gasteiger partial charge in [-0.15, -0.1) is 0 Å². The molecule has 0 saturated heterocycles. The van der Waals surface area contributed by atoms with Crippen molar-refractivity contribution in [2.45, 2.75) is 19.3 Å². The molecule has 4 aromatic heterocycles. The van der Waals surface area contributed by atoms with Crippen LogP contribution >= 0.6 is 0 Å². The van der Waals surface area contributed by atoms with Crippen LogP contribution in [-0.4, -0.2) is 19.5 Å². The van der Waals surface area contributed by atoms with E-state index in [-0.39, 0.29) is 23.1 Å². The molecule has 4 heterocycles. The van der Waals surface area contributed by atoms with Gasteiger partial charge in [-0.05, 0) is 87.5 Å². The van der Waals surface area contributed by atoms with E-state index in [4.69, 9.17) is 11.8 Å². The number of hydrogen-bond acceptors (Lipinski definition) is 3. The molecular formula is C48H34N4. The molecule has 0 bridgehead atoms. The summed E-state index contributed by atoms with van der Waals surface area (Å²) in [4.78, 5) is 13.7. The number of hydrogen-bond donors (Lipinski definition) is 0. The van der Waals surface area contributed by atoms with Gasteiger partial charge in [0.05, 0.1) is 29.3 Å². The van der Waals surface area contributed by atoms with Crippen LogP contribution in [0.1, 0.15) is 31.8 Å². The monoisotopic (exact) mass is 671 g/mol. The van der Waals surface area contributed by atoms with E-state index in [0.717, 1.165) is 55.3 Å². The van der Waals surface area contributed by atoms with Gasteiger partial charge in [0.25, 0.3) is 0 Å². The highest BCUT2D eigenvalue weighted by Crippen LogP contribution is 2.49. The average Bonchev–Trinajstić information content (AvgIpc) is 3.70. The first-order valence-electron chi connectivity index (χ1n) is 19.8. The van der Waals surface area contributed by atoms with Gasteiger partial charge in [0.1, 0.15) is 0 Å². The molecule has 52 heavy (non-hydrogen) atoms. The van der Waals surface area contributed by atoms with Gasteiger partial charge in [0, 0.05) is 63.4 Å². The highest BCUT2D eigenvalue weighted by atomic mass is 15.0. The zero-order valence-electron chi connectivity index (χ0n) is 33.6. The average molecular weight is 672 g/mol. The summed E-state index contributed by atoms with van der Waals surface area (Å²) in [5, 5.41) is 2.18. The first kappa shape index (κ1) is 25.3. The van der Waals surface area contributed by atoms with Crippen molar-refractivity contribution in [3.05, 3.63) is 181 Å². The minimum Gasteiger partial charge on any atom is -0.309 e. The number of pyridine rings is 3. The third-order valence-electron chi connectivity index (χ3n) is 10.5. The molecule has 0 N–H and O–H groups in total. The van der Waals surface area contributed by atoms with Crippen molar-refractivity contribution in [3.63, 3.8) is 0 Å². The van der Waals surface area contributed by atoms with Crippen LogP contribution in [0.3, 0.4) is 0 Å². The number of benzene rings is 5. The van der Waals surface area contributed by atoms with Crippen molar-refractivity contribution < 1.29 is 6.85 Å². The van der Waals surface area contributed by atoms with Gasteiger partial charge in [-0.2, -0.15) is 0 Å². The van der Waals surface area contributed by atoms with E-state index in [1.165, 1.54) is 22.3 Å². The highest BCUT2D eigenvalue weighted by Gasteiger charge is 2.35. The Morgan fingerprint density at radius 1 is 0.519 bits per heavy atom. The molecule has 5 aromatic carbocycles. The Hall–Kier alpha value is -6.65. The third-order valence-corrected chi connectivity index (χ3v) is 10.5. The second kappa shape index (κ2) is 11.7. The first-order valence-corrected chi connectivity index (χ1v) is 17.3. The molecule has 0 atom stereocenters. The zero-order chi connectivity index (χ0) is 39.2. The molecule has 246 valence electrons. The summed E-state index contributed by atoms with van der Waals surface area (Å²) < 4.78 is 44.3. The van der Waals surface area contributed by atoms with Crippen LogP contribution in [-0.2, 0) is 5.41 Å². The summed E-state index contributed by atoms with van der Waals surface area (Å²) in [5.74, 6) is 0. The molecule has 0 amide bonds. The molecule has 10 rings (SSSR count). The number of fused-ring (bicyclic) bond motifs is 6. The lowest BCUT2D eigenvalue weighted by atomic mass is 9.82. The van der Waals surface area contributed by atoms with Crippen molar-refractivity contribution in [1.82, 2.24) is 19.5 Å². The van der Waals surface area contributed by atoms with E-state index < -0.39 is 18.1 Å². The molecule has 1 aliphatic rings. The molecule has 0 radical (unpaired) electrons. The Kier molecular flexibility index (Phi) is 5.70. The van der Waals surface area contributed by atoms with E-state index in [1.54, 1.807) is 18.5 Å². The summed E-state index contributed by atoms with van der Waals surface area (Å²) in [6, 6.07) is 38.0. The standard InChI is InChI=1S/C48H34N4/c1-48(2)42-13-7-6-12-38(42)39-20-19-37(28-43(39)48)52-46-21-18-34(25-40(46)41-30-50-24-22-47(41)52)31-14-16-33(17-15-31)45-27-36(35-11-8-23-49-29-35)26-44(51-45)32-9-4-3-5-10-32/h3-30H,1-2H3/i3D,4D,5D,9D,10D. The molecule has 9 aromatic rings. The predicted octanol–water partition coefficient (Wildman–Crippen LogP) is 11.9. The predicted molar refractivity (Wildman–Crippen MR) is 213 cm³/mol. The maximum absolute atomic E-state index is 8.64. The van der Waals surface area contributed by atoms with E-state index >= 15 is 0 Å². The molecule has 0 unspecified atom stereocenters. The summed E-state index contributed by atoms with van der Waals surface area (Å²) in [5.41, 5.74) is 13.9. The zero-order valence-corrected chi connectivity index (χ0v) is 28.6. The Morgan fingerprint density at radius 2 is 1.25 bits per heavy atom. The fraction of sp³-hybridized carbons (Fsp3) is 0.0625. The van der Waals surface area contributed by atoms with Crippen LogP contribution < -0.4 is 0 Å². The summed E-state index contributed by atoms with van der Waals surface area (Å²) in [6.07, 6.45) is 7.23. The van der Waals surface area contributed by atoms with Crippen LogP contribution in [0.2, 0.25) is 0 Å². The van der Waals surface area contributed by atoms with Gasteiger partial charge in [0.2, 0.25) is 0 Å². The molecule has 4 nitrogen and oxygen atoms in total. The maximum Gasteiger partial charge on any atom is 0.0715 e. The van der Waals surface area contributed by atoms with Crippen molar-refractivity contribution in [3.8, 4) is 61.6 Å². The van der Waals surface area contributed by atoms with Crippen molar-refractivity contribution in [2.75, 3.05) is 0 Å². The molecule has 0 aliphatic heterocycles. The van der Waals surface area contributed by atoms with Crippen molar-refractivity contribution in [2.24, 2.45) is 0 Å². The molecule has 0 fully saturated rings. The fourth-order valence-corrected chi connectivity index (χ4v) is 7.87. The molecular weight excluding hydrogens is 633 g/mol. The van der Waals surface area contributed by atoms with Crippen LogP contribution in [0.4, 0.5) is 0 Å². The van der Waals surface area contributed by atoms with E-state index in [2.05, 4.69) is 107 Å². The van der Waals surface area contributed by atoms with Gasteiger partial charge in [0.15, 0.2) is 0 Å². The minimum atomic E-state index is -0.439. The lowest BCUT2D eigenvalue weighted by Crippen LogP contribution is -2.15. The van der Waals surface area contributed by atoms with E-state index in [1.807, 2.05) is 42.7 Å². The van der Waals surface area contributed by atoms with Crippen LogP contribution in [0.15, 0.2) is 170 Å². The van der Waals surface area contributed by atoms with Gasteiger partial charge in [-0.1, -0.05) is 111 Å². The Balaban J connectivity index is 1.06. The van der Waals surface area contributed by atoms with Crippen LogP contribution in [0.5, 0.6) is 0 Å². The molecule has 0 spiro atoms. The topological polar surface area (TPSA) is 43.6 Å². The fourth-order valence-electron chi connectivity index (χ4n) is 7.87. The van der Waals surface area contributed by atoms with Gasteiger partial charge >= 0.3 is 0 Å². The smallest absolute Gasteiger partial charge is 0.0715 e. The lowest BCUT2D eigenvalue weighted by Gasteiger charge is -2.22. The van der Waals surface area contributed by atoms with E-state index in [0.29, 0.717) is 11.4 Å². The molecule has 0 saturated carbocycles. The second-order valence-corrected chi connectivity index (χ2v) is 13.8. The largest absolute Gasteiger partial charge is 0.309 e. The summed E-state index contributed by atoms with van der Waals surface area (Å²) >= 11 is 0. The summed E-state index contributed by atoms with van der Waals surface area (Å²) in [7, 11) is 0. The summed E-state index contributed by atoms with van der Waals surface area (Å²) in [6.45, 7) is 4.61. The third kappa shape index (κ3) is 4.79. The van der Waals surface area contributed by atoms with Crippen molar-refractivity contribution in [1.29, 1.82) is 0 Å². The van der Waals surface area contributed by atoms with E-state index in [9.17, 15) is 0 Å². The second-order valence-electron chi connectivity index (χ2n) is 13.8. The SMILES string of the molecule is [2H]c1c([2H])c([2H])c(-c2cc(-c3cccnc3)cc(-c3ccc(-c4ccc5c(c4)c4cnccc4n5-c4ccc5c(c4)C(C)(C)c4ccccc4-5)cc3)n2)c([2H])c1[2H]. The molecule has 4 heteroatoms. The lowest BCUT2D eigenvalue weighted by molar-refractivity contribution is 0.660.